The molecule has 2 aromatic rings. The van der Waals surface area contributed by atoms with E-state index in [0.29, 0.717) is 11.6 Å². The van der Waals surface area contributed by atoms with Crippen LogP contribution in [0.25, 0.3) is 0 Å². The summed E-state index contributed by atoms with van der Waals surface area (Å²) in [6.07, 6.45) is 0.944. The zero-order valence-corrected chi connectivity index (χ0v) is 14.7. The van der Waals surface area contributed by atoms with Crippen LogP contribution in [-0.2, 0) is 11.8 Å². The lowest BCUT2D eigenvalue weighted by Gasteiger charge is -2.18. The fraction of sp³-hybridized carbons (Fsp3) is 0.400. The normalized spacial score (nSPS) is 12.3. The van der Waals surface area contributed by atoms with Gasteiger partial charge in [0.1, 0.15) is 11.4 Å². The van der Waals surface area contributed by atoms with E-state index in [9.17, 15) is 5.11 Å². The first-order valence-corrected chi connectivity index (χ1v) is 8.10. The monoisotopic (exact) mass is 310 g/mol. The van der Waals surface area contributed by atoms with Crippen LogP contribution in [0, 0.1) is 5.92 Å². The predicted octanol–water partition coefficient (Wildman–Crippen LogP) is 6.30. The van der Waals surface area contributed by atoms with Gasteiger partial charge in [-0.2, -0.15) is 5.11 Å². The first kappa shape index (κ1) is 17.2. The third-order valence-electron chi connectivity index (χ3n) is 3.69. The molecule has 0 aromatic heterocycles. The van der Waals surface area contributed by atoms with E-state index in [0.717, 1.165) is 17.7 Å². The number of hydrogen-bond donors (Lipinski definition) is 1. The summed E-state index contributed by atoms with van der Waals surface area (Å²) in [5.41, 5.74) is 3.78. The number of azo groups is 1. The van der Waals surface area contributed by atoms with E-state index in [2.05, 4.69) is 57.0 Å². The summed E-state index contributed by atoms with van der Waals surface area (Å²) < 4.78 is 0. The molecule has 0 fully saturated rings. The van der Waals surface area contributed by atoms with E-state index in [4.69, 9.17) is 0 Å². The van der Waals surface area contributed by atoms with E-state index < -0.39 is 0 Å². The molecular formula is C20H26N2O. The molecule has 2 rings (SSSR count). The molecule has 0 radical (unpaired) electrons. The maximum atomic E-state index is 10.1. The molecule has 0 aliphatic carbocycles. The Balaban J connectivity index is 2.14. The molecule has 0 amide bonds. The Morgan fingerprint density at radius 3 is 2.13 bits per heavy atom. The number of phenolic OH excluding ortho intramolecular Hbond substituents is 1. The van der Waals surface area contributed by atoms with Crippen LogP contribution in [0.5, 0.6) is 5.75 Å². The third kappa shape index (κ3) is 4.92. The average Bonchev–Trinajstić information content (AvgIpc) is 2.45. The summed E-state index contributed by atoms with van der Waals surface area (Å²) in [5.74, 6) is 0.737. The van der Waals surface area contributed by atoms with E-state index >= 15 is 0 Å². The van der Waals surface area contributed by atoms with Gasteiger partial charge in [-0.25, -0.2) is 0 Å². The quantitative estimate of drug-likeness (QED) is 0.661. The topological polar surface area (TPSA) is 45.0 Å². The van der Waals surface area contributed by atoms with Crippen molar-refractivity contribution in [2.75, 3.05) is 0 Å². The Kier molecular flexibility index (Phi) is 5.19. The van der Waals surface area contributed by atoms with Crippen LogP contribution in [-0.4, -0.2) is 5.11 Å². The lowest BCUT2D eigenvalue weighted by atomic mass is 9.87. The van der Waals surface area contributed by atoms with Gasteiger partial charge in [0.25, 0.3) is 0 Å². The molecule has 0 spiro atoms. The standard InChI is InChI=1S/C20H26N2O/c1-14(2)12-15-6-11-18(19(23)13-15)22-21-17-9-7-16(8-10-17)20(3,4)5/h6-11,13-14,23H,12H2,1-5H3. The van der Waals surface area contributed by atoms with Crippen molar-refractivity contribution >= 4 is 11.4 Å². The van der Waals surface area contributed by atoms with Gasteiger partial charge in [0.15, 0.2) is 0 Å². The highest BCUT2D eigenvalue weighted by Gasteiger charge is 2.12. The molecule has 0 atom stereocenters. The molecule has 1 N–H and O–H groups in total. The Morgan fingerprint density at radius 2 is 1.61 bits per heavy atom. The summed E-state index contributed by atoms with van der Waals surface area (Å²) >= 11 is 0. The summed E-state index contributed by atoms with van der Waals surface area (Å²) in [7, 11) is 0. The number of rotatable bonds is 4. The lowest BCUT2D eigenvalue weighted by molar-refractivity contribution is 0.475. The largest absolute Gasteiger partial charge is 0.506 e. The Hall–Kier alpha value is -2.16. The minimum absolute atomic E-state index is 0.125. The van der Waals surface area contributed by atoms with Crippen molar-refractivity contribution in [2.24, 2.45) is 16.1 Å². The van der Waals surface area contributed by atoms with E-state index in [1.54, 1.807) is 6.07 Å². The van der Waals surface area contributed by atoms with Crippen molar-refractivity contribution in [2.45, 2.75) is 46.5 Å². The molecule has 0 unspecified atom stereocenters. The molecule has 2 aromatic carbocycles. The van der Waals surface area contributed by atoms with E-state index in [1.165, 1.54) is 5.56 Å². The molecule has 0 heterocycles. The van der Waals surface area contributed by atoms with Crippen LogP contribution in [0.3, 0.4) is 0 Å². The molecular weight excluding hydrogens is 284 g/mol. The number of hydrogen-bond acceptors (Lipinski definition) is 3. The molecule has 0 aliphatic rings. The molecule has 0 saturated heterocycles. The van der Waals surface area contributed by atoms with Crippen LogP contribution in [0.1, 0.15) is 45.7 Å². The minimum atomic E-state index is 0.125. The number of nitrogens with zero attached hydrogens (tertiary/aromatic N) is 2. The minimum Gasteiger partial charge on any atom is -0.506 e. The summed E-state index contributed by atoms with van der Waals surface area (Å²) in [6, 6.07) is 13.6. The van der Waals surface area contributed by atoms with Gasteiger partial charge in [0, 0.05) is 0 Å². The van der Waals surface area contributed by atoms with Gasteiger partial charge in [-0.3, -0.25) is 0 Å². The summed E-state index contributed by atoms with van der Waals surface area (Å²) in [5, 5.41) is 18.5. The zero-order valence-electron chi connectivity index (χ0n) is 14.7. The highest BCUT2D eigenvalue weighted by Crippen LogP contribution is 2.30. The van der Waals surface area contributed by atoms with Gasteiger partial charge in [-0.15, -0.1) is 5.11 Å². The highest BCUT2D eigenvalue weighted by atomic mass is 16.3. The zero-order chi connectivity index (χ0) is 17.0. The maximum Gasteiger partial charge on any atom is 0.143 e. The van der Waals surface area contributed by atoms with E-state index in [1.807, 2.05) is 24.3 Å². The Bertz CT molecular complexity index is 680. The van der Waals surface area contributed by atoms with Gasteiger partial charge < -0.3 is 5.11 Å². The first-order valence-electron chi connectivity index (χ1n) is 8.10. The van der Waals surface area contributed by atoms with Crippen LogP contribution in [0.15, 0.2) is 52.7 Å². The average molecular weight is 310 g/mol. The molecule has 23 heavy (non-hydrogen) atoms. The van der Waals surface area contributed by atoms with Crippen molar-refractivity contribution in [1.82, 2.24) is 0 Å². The van der Waals surface area contributed by atoms with Crippen molar-refractivity contribution in [1.29, 1.82) is 0 Å². The second-order valence-electron chi connectivity index (χ2n) is 7.42. The van der Waals surface area contributed by atoms with Crippen LogP contribution in [0.4, 0.5) is 11.4 Å². The van der Waals surface area contributed by atoms with Gasteiger partial charge in [-0.05, 0) is 53.1 Å². The first-order chi connectivity index (χ1) is 10.8. The second kappa shape index (κ2) is 6.95. The molecule has 3 heteroatoms. The molecule has 0 bridgehead atoms. The second-order valence-corrected chi connectivity index (χ2v) is 7.42. The smallest absolute Gasteiger partial charge is 0.143 e. The molecule has 122 valence electrons. The van der Waals surface area contributed by atoms with Crippen LogP contribution < -0.4 is 0 Å². The van der Waals surface area contributed by atoms with Crippen molar-refractivity contribution in [3.05, 3.63) is 53.6 Å². The third-order valence-corrected chi connectivity index (χ3v) is 3.69. The van der Waals surface area contributed by atoms with Crippen molar-refractivity contribution < 1.29 is 5.11 Å². The fourth-order valence-electron chi connectivity index (χ4n) is 2.39. The van der Waals surface area contributed by atoms with Crippen molar-refractivity contribution in [3.63, 3.8) is 0 Å². The van der Waals surface area contributed by atoms with E-state index in [-0.39, 0.29) is 11.2 Å². The molecule has 0 saturated carbocycles. The molecule has 0 aliphatic heterocycles. The SMILES string of the molecule is CC(C)Cc1ccc(N=Nc2ccc(C(C)(C)C)cc2)c(O)c1. The number of phenols is 1. The number of aromatic hydroxyl groups is 1. The Morgan fingerprint density at radius 1 is 0.957 bits per heavy atom. The number of benzene rings is 2. The fourth-order valence-corrected chi connectivity index (χ4v) is 2.39. The Labute approximate surface area is 139 Å². The maximum absolute atomic E-state index is 10.1. The van der Waals surface area contributed by atoms with Crippen LogP contribution >= 0.6 is 0 Å². The van der Waals surface area contributed by atoms with Gasteiger partial charge in [0.05, 0.1) is 5.69 Å². The van der Waals surface area contributed by atoms with Gasteiger partial charge in [0.2, 0.25) is 0 Å². The van der Waals surface area contributed by atoms with Crippen LogP contribution in [0.2, 0.25) is 0 Å². The highest BCUT2D eigenvalue weighted by molar-refractivity contribution is 5.52. The summed E-state index contributed by atoms with van der Waals surface area (Å²) in [4.78, 5) is 0. The predicted molar refractivity (Wildman–Crippen MR) is 96.0 cm³/mol. The molecule has 3 nitrogen and oxygen atoms in total. The lowest BCUT2D eigenvalue weighted by Crippen LogP contribution is -2.10. The van der Waals surface area contributed by atoms with Gasteiger partial charge in [-0.1, -0.05) is 52.8 Å². The summed E-state index contributed by atoms with van der Waals surface area (Å²) in [6.45, 7) is 10.9. The van der Waals surface area contributed by atoms with Crippen molar-refractivity contribution in [3.8, 4) is 5.75 Å². The van der Waals surface area contributed by atoms with Gasteiger partial charge >= 0.3 is 0 Å².